The third-order valence-corrected chi connectivity index (χ3v) is 3.74. The fourth-order valence-corrected chi connectivity index (χ4v) is 2.65. The third-order valence-electron chi connectivity index (χ3n) is 3.74. The zero-order valence-electron chi connectivity index (χ0n) is 12.3. The van der Waals surface area contributed by atoms with E-state index in [4.69, 9.17) is 5.73 Å². The molecule has 0 aromatic heterocycles. The standard InChI is InChI=1S/C14H27N3O2.ClH/c1-2-16-13(18)8-5-9-14(19)17-12-7-4-3-6-11(12)10-15;/h11-12H,2-10,15H2,1H3,(H,16,18)(H,17,19);1H. The van der Waals surface area contributed by atoms with E-state index in [9.17, 15) is 9.59 Å². The van der Waals surface area contributed by atoms with Crippen molar-refractivity contribution < 1.29 is 9.59 Å². The zero-order valence-corrected chi connectivity index (χ0v) is 13.1. The van der Waals surface area contributed by atoms with Gasteiger partial charge in [0.05, 0.1) is 0 Å². The maximum atomic E-state index is 11.8. The van der Waals surface area contributed by atoms with Crippen molar-refractivity contribution in [3.63, 3.8) is 0 Å². The number of carbonyl (C=O) groups excluding carboxylic acids is 2. The van der Waals surface area contributed by atoms with E-state index < -0.39 is 0 Å². The maximum absolute atomic E-state index is 11.8. The molecule has 2 unspecified atom stereocenters. The Hall–Kier alpha value is -0.810. The molecular formula is C14H28ClN3O2. The van der Waals surface area contributed by atoms with Crippen LogP contribution in [0.3, 0.4) is 0 Å². The van der Waals surface area contributed by atoms with Crippen LogP contribution in [0, 0.1) is 5.92 Å². The normalized spacial score (nSPS) is 21.7. The van der Waals surface area contributed by atoms with Crippen LogP contribution in [0.25, 0.3) is 0 Å². The van der Waals surface area contributed by atoms with E-state index in [1.54, 1.807) is 0 Å². The van der Waals surface area contributed by atoms with Crippen LogP contribution in [0.4, 0.5) is 0 Å². The molecule has 0 radical (unpaired) electrons. The van der Waals surface area contributed by atoms with Crippen molar-refractivity contribution in [1.29, 1.82) is 0 Å². The zero-order chi connectivity index (χ0) is 14.1. The molecule has 1 saturated carbocycles. The van der Waals surface area contributed by atoms with Gasteiger partial charge in [0.25, 0.3) is 0 Å². The van der Waals surface area contributed by atoms with Gasteiger partial charge in [0.2, 0.25) is 11.8 Å². The van der Waals surface area contributed by atoms with Crippen LogP contribution >= 0.6 is 12.4 Å². The second kappa shape index (κ2) is 10.9. The molecule has 1 aliphatic rings. The molecule has 6 heteroatoms. The fraction of sp³-hybridized carbons (Fsp3) is 0.857. The molecule has 1 aliphatic carbocycles. The highest BCUT2D eigenvalue weighted by molar-refractivity contribution is 5.85. The van der Waals surface area contributed by atoms with Crippen LogP contribution in [0.15, 0.2) is 0 Å². The summed E-state index contributed by atoms with van der Waals surface area (Å²) in [6, 6.07) is 0.232. The molecule has 0 aromatic carbocycles. The summed E-state index contributed by atoms with van der Waals surface area (Å²) in [5.74, 6) is 0.489. The van der Waals surface area contributed by atoms with Gasteiger partial charge in [-0.1, -0.05) is 12.8 Å². The van der Waals surface area contributed by atoms with E-state index in [1.165, 1.54) is 12.8 Å². The highest BCUT2D eigenvalue weighted by atomic mass is 35.5. The van der Waals surface area contributed by atoms with Crippen molar-refractivity contribution in [3.05, 3.63) is 0 Å². The van der Waals surface area contributed by atoms with Gasteiger partial charge in [-0.05, 0) is 38.6 Å². The fourth-order valence-electron chi connectivity index (χ4n) is 2.65. The Morgan fingerprint density at radius 3 is 2.45 bits per heavy atom. The number of halogens is 1. The van der Waals surface area contributed by atoms with Crippen LogP contribution in [0.1, 0.15) is 51.9 Å². The van der Waals surface area contributed by atoms with E-state index >= 15 is 0 Å². The van der Waals surface area contributed by atoms with E-state index in [2.05, 4.69) is 10.6 Å². The number of rotatable bonds is 7. The van der Waals surface area contributed by atoms with Gasteiger partial charge in [-0.25, -0.2) is 0 Å². The third kappa shape index (κ3) is 7.10. The lowest BCUT2D eigenvalue weighted by Crippen LogP contribution is -2.44. The molecule has 2 atom stereocenters. The number of hydrogen-bond acceptors (Lipinski definition) is 3. The largest absolute Gasteiger partial charge is 0.356 e. The molecule has 0 aliphatic heterocycles. The van der Waals surface area contributed by atoms with E-state index in [-0.39, 0.29) is 30.3 Å². The minimum Gasteiger partial charge on any atom is -0.356 e. The van der Waals surface area contributed by atoms with Gasteiger partial charge in [-0.15, -0.1) is 12.4 Å². The average Bonchev–Trinajstić information content (AvgIpc) is 2.39. The lowest BCUT2D eigenvalue weighted by atomic mass is 9.84. The number of carbonyl (C=O) groups is 2. The van der Waals surface area contributed by atoms with Crippen molar-refractivity contribution in [2.75, 3.05) is 13.1 Å². The van der Waals surface area contributed by atoms with E-state index in [0.717, 1.165) is 12.8 Å². The smallest absolute Gasteiger partial charge is 0.220 e. The first-order chi connectivity index (χ1) is 9.17. The van der Waals surface area contributed by atoms with Crippen molar-refractivity contribution in [2.45, 2.75) is 57.9 Å². The van der Waals surface area contributed by atoms with Crippen molar-refractivity contribution in [1.82, 2.24) is 10.6 Å². The summed E-state index contributed by atoms with van der Waals surface area (Å²) in [6.45, 7) is 3.18. The minimum atomic E-state index is 0. The highest BCUT2D eigenvalue weighted by Gasteiger charge is 2.24. The molecule has 0 bridgehead atoms. The van der Waals surface area contributed by atoms with Gasteiger partial charge < -0.3 is 16.4 Å². The molecule has 4 N–H and O–H groups in total. The van der Waals surface area contributed by atoms with Gasteiger partial charge in [-0.2, -0.15) is 0 Å². The lowest BCUT2D eigenvalue weighted by Gasteiger charge is -2.31. The predicted octanol–water partition coefficient (Wildman–Crippen LogP) is 1.35. The maximum Gasteiger partial charge on any atom is 0.220 e. The Bertz CT molecular complexity index is 300. The molecule has 5 nitrogen and oxygen atoms in total. The molecule has 0 spiro atoms. The summed E-state index contributed by atoms with van der Waals surface area (Å²) in [6.07, 6.45) is 5.98. The van der Waals surface area contributed by atoms with E-state index in [0.29, 0.717) is 38.3 Å². The van der Waals surface area contributed by atoms with Crippen LogP contribution in [-0.2, 0) is 9.59 Å². The predicted molar refractivity (Wildman–Crippen MR) is 82.7 cm³/mol. The summed E-state index contributed by atoms with van der Waals surface area (Å²) >= 11 is 0. The Morgan fingerprint density at radius 2 is 1.80 bits per heavy atom. The molecule has 0 heterocycles. The van der Waals surface area contributed by atoms with Gasteiger partial charge in [0, 0.05) is 25.4 Å². The molecule has 1 fully saturated rings. The highest BCUT2D eigenvalue weighted by Crippen LogP contribution is 2.23. The summed E-state index contributed by atoms with van der Waals surface area (Å²) in [7, 11) is 0. The number of hydrogen-bond donors (Lipinski definition) is 3. The van der Waals surface area contributed by atoms with Crippen molar-refractivity contribution in [2.24, 2.45) is 11.7 Å². The minimum absolute atomic E-state index is 0. The Balaban J connectivity index is 0.00000361. The molecule has 20 heavy (non-hydrogen) atoms. The lowest BCUT2D eigenvalue weighted by molar-refractivity contribution is -0.123. The van der Waals surface area contributed by atoms with Crippen molar-refractivity contribution in [3.8, 4) is 0 Å². The van der Waals surface area contributed by atoms with Crippen molar-refractivity contribution >= 4 is 24.2 Å². The van der Waals surface area contributed by atoms with Crippen LogP contribution < -0.4 is 16.4 Å². The Morgan fingerprint density at radius 1 is 1.15 bits per heavy atom. The summed E-state index contributed by atoms with van der Waals surface area (Å²) < 4.78 is 0. The average molecular weight is 306 g/mol. The van der Waals surface area contributed by atoms with Crippen LogP contribution in [0.2, 0.25) is 0 Å². The first-order valence-electron chi connectivity index (χ1n) is 7.43. The Kier molecular flexibility index (Phi) is 10.5. The number of nitrogens with one attached hydrogen (secondary N) is 2. The summed E-state index contributed by atoms with van der Waals surface area (Å²) in [4.78, 5) is 23.1. The molecule has 118 valence electrons. The molecular weight excluding hydrogens is 278 g/mol. The molecule has 0 aromatic rings. The monoisotopic (exact) mass is 305 g/mol. The summed E-state index contributed by atoms with van der Waals surface area (Å²) in [5, 5.41) is 5.80. The van der Waals surface area contributed by atoms with Gasteiger partial charge in [0.1, 0.15) is 0 Å². The SMILES string of the molecule is CCNC(=O)CCCC(=O)NC1CCCCC1CN.Cl. The number of nitrogens with two attached hydrogens (primary N) is 1. The molecule has 0 saturated heterocycles. The first kappa shape index (κ1) is 19.2. The van der Waals surface area contributed by atoms with E-state index in [1.807, 2.05) is 6.92 Å². The first-order valence-corrected chi connectivity index (χ1v) is 7.43. The van der Waals surface area contributed by atoms with Gasteiger partial charge >= 0.3 is 0 Å². The Labute approximate surface area is 127 Å². The number of amides is 2. The summed E-state index contributed by atoms with van der Waals surface area (Å²) in [5.41, 5.74) is 5.74. The quantitative estimate of drug-likeness (QED) is 0.664. The van der Waals surface area contributed by atoms with Gasteiger partial charge in [-0.3, -0.25) is 9.59 Å². The molecule has 1 rings (SSSR count). The molecule has 2 amide bonds. The second-order valence-electron chi connectivity index (χ2n) is 5.26. The van der Waals surface area contributed by atoms with Gasteiger partial charge in [0.15, 0.2) is 0 Å². The van der Waals surface area contributed by atoms with Crippen LogP contribution in [-0.4, -0.2) is 30.9 Å². The second-order valence-corrected chi connectivity index (χ2v) is 5.26. The topological polar surface area (TPSA) is 84.2 Å². The van der Waals surface area contributed by atoms with Crippen LogP contribution in [0.5, 0.6) is 0 Å².